The van der Waals surface area contributed by atoms with E-state index in [0.717, 1.165) is 30.1 Å². The van der Waals surface area contributed by atoms with Gasteiger partial charge in [-0.25, -0.2) is 4.98 Å². The molecule has 0 unspecified atom stereocenters. The van der Waals surface area contributed by atoms with Gasteiger partial charge in [0.25, 0.3) is 0 Å². The second kappa shape index (κ2) is 6.13. The monoisotopic (exact) mass is 307 g/mol. The minimum atomic E-state index is 0. The zero-order chi connectivity index (χ0) is 11.0. The van der Waals surface area contributed by atoms with Gasteiger partial charge in [0.2, 0.25) is 5.95 Å². The van der Waals surface area contributed by atoms with Gasteiger partial charge in [0, 0.05) is 11.6 Å². The molecule has 5 nitrogen and oxygen atoms in total. The van der Waals surface area contributed by atoms with Crippen molar-refractivity contribution in [3.05, 3.63) is 23.2 Å². The molecule has 98 valence electrons. The smallest absolute Gasteiger partial charge is 0.208 e. The van der Waals surface area contributed by atoms with Crippen LogP contribution in [0.15, 0.2) is 23.2 Å². The first-order valence-electron chi connectivity index (χ1n) is 5.02. The van der Waals surface area contributed by atoms with Crippen molar-refractivity contribution >= 4 is 59.4 Å². The SMILES string of the molecule is Cl.Cl.Clc1ccc2nc(NC3=NCCN3)[nH]c2c1. The van der Waals surface area contributed by atoms with Gasteiger partial charge in [-0.05, 0) is 18.2 Å². The summed E-state index contributed by atoms with van der Waals surface area (Å²) in [6.45, 7) is 1.67. The molecule has 0 aliphatic carbocycles. The van der Waals surface area contributed by atoms with Gasteiger partial charge < -0.3 is 10.3 Å². The molecule has 0 fully saturated rings. The molecule has 0 radical (unpaired) electrons. The molecule has 2 aromatic rings. The zero-order valence-corrected chi connectivity index (χ0v) is 11.6. The summed E-state index contributed by atoms with van der Waals surface area (Å²) in [5.74, 6) is 1.43. The Kier molecular flexibility index (Phi) is 5.07. The first-order valence-corrected chi connectivity index (χ1v) is 5.40. The van der Waals surface area contributed by atoms with Gasteiger partial charge >= 0.3 is 0 Å². The molecule has 1 aromatic carbocycles. The maximum atomic E-state index is 5.89. The maximum Gasteiger partial charge on any atom is 0.208 e. The van der Waals surface area contributed by atoms with Crippen molar-refractivity contribution in [1.29, 1.82) is 0 Å². The predicted octanol–water partition coefficient (Wildman–Crippen LogP) is 2.43. The fourth-order valence-electron chi connectivity index (χ4n) is 1.63. The van der Waals surface area contributed by atoms with Crippen LogP contribution < -0.4 is 10.6 Å². The molecule has 1 aliphatic rings. The molecule has 1 aromatic heterocycles. The summed E-state index contributed by atoms with van der Waals surface area (Å²) < 4.78 is 0. The van der Waals surface area contributed by atoms with Gasteiger partial charge in [-0.2, -0.15) is 0 Å². The van der Waals surface area contributed by atoms with Crippen molar-refractivity contribution in [3.63, 3.8) is 0 Å². The minimum absolute atomic E-state index is 0. The molecule has 3 rings (SSSR count). The van der Waals surface area contributed by atoms with E-state index in [-0.39, 0.29) is 24.8 Å². The molecule has 0 amide bonds. The highest BCUT2D eigenvalue weighted by atomic mass is 35.5. The molecular weight excluding hydrogens is 297 g/mol. The number of H-pyrrole nitrogens is 1. The quantitative estimate of drug-likeness (QED) is 0.758. The molecule has 18 heavy (non-hydrogen) atoms. The van der Waals surface area contributed by atoms with E-state index >= 15 is 0 Å². The number of imidazole rings is 1. The number of anilines is 1. The van der Waals surface area contributed by atoms with Crippen molar-refractivity contribution in [1.82, 2.24) is 15.3 Å². The number of rotatable bonds is 1. The van der Waals surface area contributed by atoms with E-state index in [2.05, 4.69) is 25.6 Å². The summed E-state index contributed by atoms with van der Waals surface area (Å²) >= 11 is 5.89. The molecule has 3 N–H and O–H groups in total. The second-order valence-electron chi connectivity index (χ2n) is 3.53. The molecular formula is C10H12Cl3N5. The average molecular weight is 309 g/mol. The van der Waals surface area contributed by atoms with Crippen LogP contribution in [-0.2, 0) is 0 Å². The Balaban J connectivity index is 0.000000810. The van der Waals surface area contributed by atoms with Gasteiger partial charge in [0.15, 0.2) is 5.96 Å². The van der Waals surface area contributed by atoms with Crippen LogP contribution in [-0.4, -0.2) is 29.0 Å². The lowest BCUT2D eigenvalue weighted by Gasteiger charge is -2.01. The summed E-state index contributed by atoms with van der Waals surface area (Å²) in [7, 11) is 0. The highest BCUT2D eigenvalue weighted by Gasteiger charge is 2.08. The average Bonchev–Trinajstić information content (AvgIpc) is 2.86. The molecule has 0 saturated heterocycles. The Morgan fingerprint density at radius 2 is 2.11 bits per heavy atom. The molecule has 0 saturated carbocycles. The normalized spacial score (nSPS) is 13.3. The molecule has 1 aliphatic heterocycles. The second-order valence-corrected chi connectivity index (χ2v) is 3.97. The number of aromatic nitrogens is 2. The Hall–Kier alpha value is -1.17. The van der Waals surface area contributed by atoms with E-state index in [4.69, 9.17) is 11.6 Å². The lowest BCUT2D eigenvalue weighted by molar-refractivity contribution is 0.958. The standard InChI is InChI=1S/C10H10ClN5.2ClH/c11-6-1-2-7-8(5-6)15-10(14-7)16-9-12-3-4-13-9;;/h1-2,5H,3-4H2,(H3,12,13,14,15,16);2*1H. The van der Waals surface area contributed by atoms with Gasteiger partial charge in [-0.1, -0.05) is 11.6 Å². The summed E-state index contributed by atoms with van der Waals surface area (Å²) in [6, 6.07) is 5.54. The minimum Gasteiger partial charge on any atom is -0.354 e. The number of hydrogen-bond donors (Lipinski definition) is 3. The Morgan fingerprint density at radius 3 is 2.83 bits per heavy atom. The van der Waals surface area contributed by atoms with Gasteiger partial charge in [-0.15, -0.1) is 24.8 Å². The van der Waals surface area contributed by atoms with E-state index < -0.39 is 0 Å². The summed E-state index contributed by atoms with van der Waals surface area (Å²) in [5, 5.41) is 6.89. The third-order valence-electron chi connectivity index (χ3n) is 2.35. The van der Waals surface area contributed by atoms with E-state index in [9.17, 15) is 0 Å². The van der Waals surface area contributed by atoms with Crippen molar-refractivity contribution < 1.29 is 0 Å². The Bertz CT molecular complexity index is 566. The molecule has 8 heteroatoms. The molecule has 0 bridgehead atoms. The van der Waals surface area contributed by atoms with Gasteiger partial charge in [-0.3, -0.25) is 10.3 Å². The van der Waals surface area contributed by atoms with Gasteiger partial charge in [0.05, 0.1) is 17.6 Å². The van der Waals surface area contributed by atoms with Crippen molar-refractivity contribution in [2.45, 2.75) is 0 Å². The number of nitrogens with one attached hydrogen (secondary N) is 3. The third kappa shape index (κ3) is 2.98. The van der Waals surface area contributed by atoms with Crippen molar-refractivity contribution in [2.24, 2.45) is 4.99 Å². The topological polar surface area (TPSA) is 65.1 Å². The summed E-state index contributed by atoms with van der Waals surface area (Å²) in [6.07, 6.45) is 0. The van der Waals surface area contributed by atoms with Crippen LogP contribution in [0.2, 0.25) is 5.02 Å². The number of nitrogens with zero attached hydrogens (tertiary/aromatic N) is 2. The van der Waals surface area contributed by atoms with E-state index in [1.807, 2.05) is 18.2 Å². The number of fused-ring (bicyclic) bond motifs is 1. The van der Waals surface area contributed by atoms with Crippen molar-refractivity contribution in [3.8, 4) is 0 Å². The lowest BCUT2D eigenvalue weighted by Crippen LogP contribution is -2.26. The van der Waals surface area contributed by atoms with E-state index in [1.165, 1.54) is 0 Å². The highest BCUT2D eigenvalue weighted by molar-refractivity contribution is 6.31. The third-order valence-corrected chi connectivity index (χ3v) is 2.59. The molecule has 2 heterocycles. The van der Waals surface area contributed by atoms with E-state index in [0.29, 0.717) is 11.0 Å². The highest BCUT2D eigenvalue weighted by Crippen LogP contribution is 2.18. The number of guanidine groups is 1. The summed E-state index contributed by atoms with van der Waals surface area (Å²) in [5.41, 5.74) is 1.79. The Labute approximate surface area is 121 Å². The van der Waals surface area contributed by atoms with Gasteiger partial charge in [0.1, 0.15) is 0 Å². The largest absolute Gasteiger partial charge is 0.354 e. The maximum absolute atomic E-state index is 5.89. The van der Waals surface area contributed by atoms with Crippen LogP contribution >= 0.6 is 36.4 Å². The van der Waals surface area contributed by atoms with Crippen LogP contribution in [0.1, 0.15) is 0 Å². The number of aliphatic imine (C=N–C) groups is 1. The zero-order valence-electron chi connectivity index (χ0n) is 9.24. The van der Waals surface area contributed by atoms with Crippen molar-refractivity contribution in [2.75, 3.05) is 18.4 Å². The fourth-order valence-corrected chi connectivity index (χ4v) is 1.81. The lowest BCUT2D eigenvalue weighted by atomic mass is 10.3. The van der Waals surface area contributed by atoms with Crippen LogP contribution in [0.5, 0.6) is 0 Å². The van der Waals surface area contributed by atoms with Crippen LogP contribution in [0.25, 0.3) is 11.0 Å². The molecule has 0 atom stereocenters. The number of benzene rings is 1. The first kappa shape index (κ1) is 14.9. The number of halogens is 3. The predicted molar refractivity (Wildman–Crippen MR) is 79.5 cm³/mol. The number of aromatic amines is 1. The first-order chi connectivity index (χ1) is 7.81. The van der Waals surface area contributed by atoms with Crippen LogP contribution in [0.3, 0.4) is 0 Å². The Morgan fingerprint density at radius 1 is 1.28 bits per heavy atom. The van der Waals surface area contributed by atoms with Crippen LogP contribution in [0, 0.1) is 0 Å². The summed E-state index contributed by atoms with van der Waals surface area (Å²) in [4.78, 5) is 11.7. The van der Waals surface area contributed by atoms with Crippen LogP contribution in [0.4, 0.5) is 5.95 Å². The fraction of sp³-hybridized carbons (Fsp3) is 0.200. The molecule has 0 spiro atoms. The number of hydrogen-bond acceptors (Lipinski definition) is 4. The van der Waals surface area contributed by atoms with E-state index in [1.54, 1.807) is 0 Å².